The number of aryl methyl sites for hydroxylation is 2. The zero-order valence-electron chi connectivity index (χ0n) is 20.0. The summed E-state index contributed by atoms with van der Waals surface area (Å²) in [6.07, 6.45) is 9.03. The Morgan fingerprint density at radius 3 is 2.69 bits per heavy atom. The lowest BCUT2D eigenvalue weighted by Gasteiger charge is -2.22. The van der Waals surface area contributed by atoms with E-state index in [0.717, 1.165) is 45.9 Å². The van der Waals surface area contributed by atoms with Gasteiger partial charge in [-0.15, -0.1) is 0 Å². The lowest BCUT2D eigenvalue weighted by atomic mass is 10.1. The van der Waals surface area contributed by atoms with Gasteiger partial charge in [0.15, 0.2) is 0 Å². The van der Waals surface area contributed by atoms with Gasteiger partial charge in [0.1, 0.15) is 11.5 Å². The van der Waals surface area contributed by atoms with Crippen molar-refractivity contribution >= 4 is 33.5 Å². The number of imidazole rings is 1. The molecule has 1 fully saturated rings. The highest BCUT2D eigenvalue weighted by Gasteiger charge is 2.33. The molecule has 0 unspecified atom stereocenters. The molecule has 1 aromatic carbocycles. The number of benzene rings is 1. The van der Waals surface area contributed by atoms with Crippen LogP contribution in [0.1, 0.15) is 40.2 Å². The average Bonchev–Trinajstić information content (AvgIpc) is 3.52. The molecule has 178 valence electrons. The monoisotopic (exact) mass is 476 g/mol. The fraction of sp³-hybridized carbons (Fsp3) is 0.222. The maximum Gasteiger partial charge on any atom is 0.254 e. The second-order valence-corrected chi connectivity index (χ2v) is 9.14. The second kappa shape index (κ2) is 8.50. The first-order chi connectivity index (χ1) is 17.5. The van der Waals surface area contributed by atoms with E-state index < -0.39 is 0 Å². The fourth-order valence-electron chi connectivity index (χ4n) is 4.39. The van der Waals surface area contributed by atoms with E-state index in [0.29, 0.717) is 23.6 Å². The molecule has 9 heteroatoms. The lowest BCUT2D eigenvalue weighted by Crippen LogP contribution is -2.32. The molecule has 9 nitrogen and oxygen atoms in total. The van der Waals surface area contributed by atoms with Crippen LogP contribution in [0.3, 0.4) is 0 Å². The van der Waals surface area contributed by atoms with Crippen LogP contribution in [0, 0.1) is 11.8 Å². The molecule has 0 bridgehead atoms. The van der Waals surface area contributed by atoms with Crippen LogP contribution < -0.4 is 5.73 Å². The van der Waals surface area contributed by atoms with E-state index in [1.807, 2.05) is 60.1 Å². The number of hydrogen-bond donors (Lipinski definition) is 1. The topological polar surface area (TPSA) is 108 Å². The molecule has 4 heterocycles. The highest BCUT2D eigenvalue weighted by Crippen LogP contribution is 2.32. The highest BCUT2D eigenvalue weighted by atomic mass is 16.2. The number of anilines is 1. The largest absolute Gasteiger partial charge is 0.383 e. The number of amides is 1. The normalized spacial score (nSPS) is 13.1. The molecular weight excluding hydrogens is 452 g/mol. The Bertz CT molecular complexity index is 1680. The summed E-state index contributed by atoms with van der Waals surface area (Å²) >= 11 is 0. The zero-order chi connectivity index (χ0) is 24.8. The van der Waals surface area contributed by atoms with Crippen LogP contribution in [0.25, 0.3) is 21.8 Å². The van der Waals surface area contributed by atoms with E-state index in [4.69, 9.17) is 5.73 Å². The molecule has 1 saturated carbocycles. The Balaban J connectivity index is 1.26. The summed E-state index contributed by atoms with van der Waals surface area (Å²) in [5.74, 6) is 6.54. The molecule has 6 rings (SSSR count). The Morgan fingerprint density at radius 1 is 1.11 bits per heavy atom. The molecule has 0 aliphatic heterocycles. The second-order valence-electron chi connectivity index (χ2n) is 9.14. The molecule has 2 N–H and O–H groups in total. The summed E-state index contributed by atoms with van der Waals surface area (Å²) in [5, 5.41) is 5.97. The number of nitrogen functional groups attached to an aromatic ring is 1. The molecule has 36 heavy (non-hydrogen) atoms. The van der Waals surface area contributed by atoms with Crippen molar-refractivity contribution in [3.8, 4) is 11.8 Å². The first-order valence-electron chi connectivity index (χ1n) is 11.7. The van der Waals surface area contributed by atoms with Gasteiger partial charge >= 0.3 is 0 Å². The summed E-state index contributed by atoms with van der Waals surface area (Å²) in [6.45, 7) is 0.441. The summed E-state index contributed by atoms with van der Waals surface area (Å²) in [4.78, 5) is 28.8. The SMILES string of the molecule is Cn1cnc(C#Cc2ccc(CN(C(=O)c3ccc4nc(N)c5cnn(C)c5c4c3)C3CC3)nc2)c1. The molecule has 0 spiro atoms. The van der Waals surface area contributed by atoms with Crippen LogP contribution >= 0.6 is 0 Å². The lowest BCUT2D eigenvalue weighted by molar-refractivity contribution is 0.0728. The number of carbonyl (C=O) groups excluding carboxylic acids is 1. The van der Waals surface area contributed by atoms with Gasteiger partial charge in [0, 0.05) is 49.0 Å². The Morgan fingerprint density at radius 2 is 1.97 bits per heavy atom. The summed E-state index contributed by atoms with van der Waals surface area (Å²) in [5.41, 5.74) is 10.7. The summed E-state index contributed by atoms with van der Waals surface area (Å²) in [6, 6.07) is 9.64. The minimum Gasteiger partial charge on any atom is -0.383 e. The minimum atomic E-state index is -0.0210. The number of fused-ring (bicyclic) bond motifs is 3. The van der Waals surface area contributed by atoms with E-state index in [9.17, 15) is 4.79 Å². The molecule has 1 aliphatic rings. The highest BCUT2D eigenvalue weighted by molar-refractivity contribution is 6.10. The molecule has 1 amide bonds. The van der Waals surface area contributed by atoms with Crippen LogP contribution in [-0.4, -0.2) is 46.1 Å². The molecule has 0 saturated heterocycles. The number of hydrogen-bond acceptors (Lipinski definition) is 6. The third-order valence-electron chi connectivity index (χ3n) is 6.40. The number of carbonyl (C=O) groups is 1. The first kappa shape index (κ1) is 21.8. The number of pyridine rings is 2. The van der Waals surface area contributed by atoms with Crippen LogP contribution in [-0.2, 0) is 20.6 Å². The van der Waals surface area contributed by atoms with Gasteiger partial charge in [0.2, 0.25) is 0 Å². The summed E-state index contributed by atoms with van der Waals surface area (Å²) in [7, 11) is 3.77. The number of nitrogens with zero attached hydrogens (tertiary/aromatic N) is 7. The van der Waals surface area contributed by atoms with Gasteiger partial charge in [-0.25, -0.2) is 9.97 Å². The van der Waals surface area contributed by atoms with Crippen LogP contribution in [0.4, 0.5) is 5.82 Å². The number of nitrogens with two attached hydrogens (primary N) is 1. The molecule has 1 aliphatic carbocycles. The Labute approximate surface area is 207 Å². The van der Waals surface area contributed by atoms with Crippen molar-refractivity contribution in [3.63, 3.8) is 0 Å². The van der Waals surface area contributed by atoms with Crippen molar-refractivity contribution in [2.45, 2.75) is 25.4 Å². The predicted octanol–water partition coefficient (Wildman–Crippen LogP) is 3.04. The van der Waals surface area contributed by atoms with Crippen molar-refractivity contribution in [1.82, 2.24) is 34.2 Å². The van der Waals surface area contributed by atoms with Crippen LogP contribution in [0.2, 0.25) is 0 Å². The van der Waals surface area contributed by atoms with Crippen LogP contribution in [0.5, 0.6) is 0 Å². The molecule has 0 radical (unpaired) electrons. The molecular formula is C27H24N8O. The minimum absolute atomic E-state index is 0.0210. The Kier molecular flexibility index (Phi) is 5.15. The van der Waals surface area contributed by atoms with Gasteiger partial charge in [-0.05, 0) is 49.1 Å². The third kappa shape index (κ3) is 4.03. The number of rotatable bonds is 4. The predicted molar refractivity (Wildman–Crippen MR) is 137 cm³/mol. The smallest absolute Gasteiger partial charge is 0.254 e. The van der Waals surface area contributed by atoms with Crippen molar-refractivity contribution < 1.29 is 4.79 Å². The van der Waals surface area contributed by atoms with Gasteiger partial charge in [-0.2, -0.15) is 5.10 Å². The standard InChI is InChI=1S/C27H24N8O/c1-33-14-19(30-16-33)6-3-17-4-7-20(29-12-17)15-35(21-8-9-21)27(36)18-5-10-24-22(11-18)25-23(26(28)32-24)13-31-34(25)2/h4-5,7,10-14,16,21H,8-9,15H2,1-2H3,(H2,28,32). The quantitative estimate of drug-likeness (QED) is 0.400. The third-order valence-corrected chi connectivity index (χ3v) is 6.40. The maximum atomic E-state index is 13.6. The zero-order valence-corrected chi connectivity index (χ0v) is 20.0. The van der Waals surface area contributed by atoms with E-state index in [2.05, 4.69) is 31.9 Å². The van der Waals surface area contributed by atoms with E-state index in [1.165, 1.54) is 0 Å². The average molecular weight is 477 g/mol. The van der Waals surface area contributed by atoms with Crippen LogP contribution in [0.15, 0.2) is 55.2 Å². The maximum absolute atomic E-state index is 13.6. The van der Waals surface area contributed by atoms with Gasteiger partial charge < -0.3 is 15.2 Å². The van der Waals surface area contributed by atoms with Crippen molar-refractivity contribution in [2.24, 2.45) is 14.1 Å². The molecule has 5 aromatic rings. The van der Waals surface area contributed by atoms with E-state index >= 15 is 0 Å². The molecule has 0 atom stereocenters. The van der Waals surface area contributed by atoms with Gasteiger partial charge in [0.25, 0.3) is 5.91 Å². The van der Waals surface area contributed by atoms with E-state index in [1.54, 1.807) is 23.4 Å². The van der Waals surface area contributed by atoms with Crippen molar-refractivity contribution in [3.05, 3.63) is 77.8 Å². The van der Waals surface area contributed by atoms with Gasteiger partial charge in [-0.3, -0.25) is 14.5 Å². The fourth-order valence-corrected chi connectivity index (χ4v) is 4.39. The van der Waals surface area contributed by atoms with Crippen molar-refractivity contribution in [2.75, 3.05) is 5.73 Å². The Hall–Kier alpha value is -4.71. The van der Waals surface area contributed by atoms with Gasteiger partial charge in [-0.1, -0.05) is 5.92 Å². The van der Waals surface area contributed by atoms with E-state index in [-0.39, 0.29) is 11.9 Å². The summed E-state index contributed by atoms with van der Waals surface area (Å²) < 4.78 is 3.63. The number of aromatic nitrogens is 6. The van der Waals surface area contributed by atoms with Crippen molar-refractivity contribution in [1.29, 1.82) is 0 Å². The molecule has 4 aromatic heterocycles. The first-order valence-corrected chi connectivity index (χ1v) is 11.7. The van der Waals surface area contributed by atoms with Gasteiger partial charge in [0.05, 0.1) is 41.2 Å².